The molecule has 1 aliphatic rings. The van der Waals surface area contributed by atoms with Crippen LogP contribution >= 0.6 is 15.9 Å². The van der Waals surface area contributed by atoms with Gasteiger partial charge < -0.3 is 10.5 Å². The molecule has 7 heteroatoms. The third-order valence-corrected chi connectivity index (χ3v) is 6.29. The molecule has 1 aromatic carbocycles. The molecule has 0 saturated carbocycles. The van der Waals surface area contributed by atoms with Gasteiger partial charge in [-0.1, -0.05) is 15.9 Å². The molecule has 1 heterocycles. The molecular formula is C14H21BrN2O3S. The first kappa shape index (κ1) is 16.7. The zero-order valence-corrected chi connectivity index (χ0v) is 14.7. The average molecular weight is 377 g/mol. The number of nitrogens with zero attached hydrogens (tertiary/aromatic N) is 1. The van der Waals surface area contributed by atoms with Gasteiger partial charge in [0.15, 0.2) is 9.84 Å². The number of sulfone groups is 1. The van der Waals surface area contributed by atoms with Crippen molar-refractivity contribution in [3.8, 4) is 5.75 Å². The number of hydrogen-bond donors (Lipinski definition) is 1. The van der Waals surface area contributed by atoms with Crippen molar-refractivity contribution in [2.75, 3.05) is 32.2 Å². The van der Waals surface area contributed by atoms with Gasteiger partial charge in [0.05, 0.1) is 24.7 Å². The van der Waals surface area contributed by atoms with Crippen molar-refractivity contribution in [3.05, 3.63) is 28.2 Å². The molecule has 1 aromatic rings. The number of nitrogens with two attached hydrogens (primary N) is 1. The van der Waals surface area contributed by atoms with Crippen LogP contribution in [0.2, 0.25) is 0 Å². The van der Waals surface area contributed by atoms with Crippen molar-refractivity contribution in [1.82, 2.24) is 4.90 Å². The van der Waals surface area contributed by atoms with Crippen LogP contribution in [0.1, 0.15) is 18.0 Å². The van der Waals surface area contributed by atoms with Crippen molar-refractivity contribution in [2.24, 2.45) is 5.73 Å². The topological polar surface area (TPSA) is 72.6 Å². The number of methoxy groups -OCH3 is 1. The number of halogens is 1. The van der Waals surface area contributed by atoms with E-state index in [9.17, 15) is 8.42 Å². The highest BCUT2D eigenvalue weighted by molar-refractivity contribution is 9.10. The molecule has 0 spiro atoms. The van der Waals surface area contributed by atoms with E-state index < -0.39 is 9.84 Å². The van der Waals surface area contributed by atoms with Gasteiger partial charge in [-0.05, 0) is 31.7 Å². The van der Waals surface area contributed by atoms with Crippen LogP contribution in [0.5, 0.6) is 5.75 Å². The summed E-state index contributed by atoms with van der Waals surface area (Å²) in [6, 6.07) is 5.72. The summed E-state index contributed by atoms with van der Waals surface area (Å²) in [5, 5.41) is 0. The largest absolute Gasteiger partial charge is 0.496 e. The van der Waals surface area contributed by atoms with E-state index in [4.69, 9.17) is 10.5 Å². The maximum absolute atomic E-state index is 11.7. The molecule has 0 radical (unpaired) electrons. The molecule has 2 unspecified atom stereocenters. The van der Waals surface area contributed by atoms with Gasteiger partial charge in [-0.25, -0.2) is 8.42 Å². The number of rotatable bonds is 5. The lowest BCUT2D eigenvalue weighted by molar-refractivity contribution is 0.189. The van der Waals surface area contributed by atoms with E-state index in [-0.39, 0.29) is 23.6 Å². The van der Waals surface area contributed by atoms with Crippen molar-refractivity contribution in [1.29, 1.82) is 0 Å². The predicted molar refractivity (Wildman–Crippen MR) is 87.3 cm³/mol. The van der Waals surface area contributed by atoms with Crippen molar-refractivity contribution in [3.63, 3.8) is 0 Å². The Balaban J connectivity index is 2.29. The standard InChI is InChI=1S/C14H21BrN2O3S/c1-17(11-5-6-21(18,19)9-11)13(8-16)12-7-10(15)3-4-14(12)20-2/h3-4,7,11,13H,5-6,8-9,16H2,1-2H3. The zero-order valence-electron chi connectivity index (χ0n) is 12.3. The zero-order chi connectivity index (χ0) is 15.6. The smallest absolute Gasteiger partial charge is 0.151 e. The van der Waals surface area contributed by atoms with E-state index in [1.807, 2.05) is 25.2 Å². The third-order valence-electron chi connectivity index (χ3n) is 4.05. The minimum absolute atomic E-state index is 0.00670. The quantitative estimate of drug-likeness (QED) is 0.844. The van der Waals surface area contributed by atoms with E-state index in [1.54, 1.807) is 7.11 Å². The Morgan fingerprint density at radius 3 is 2.76 bits per heavy atom. The van der Waals surface area contributed by atoms with E-state index in [2.05, 4.69) is 20.8 Å². The average Bonchev–Trinajstić information content (AvgIpc) is 2.80. The molecule has 5 nitrogen and oxygen atoms in total. The van der Waals surface area contributed by atoms with Crippen LogP contribution in [0, 0.1) is 0 Å². The fraction of sp³-hybridized carbons (Fsp3) is 0.571. The molecule has 0 aliphatic carbocycles. The molecule has 0 bridgehead atoms. The Morgan fingerprint density at radius 2 is 2.24 bits per heavy atom. The Morgan fingerprint density at radius 1 is 1.52 bits per heavy atom. The van der Waals surface area contributed by atoms with Gasteiger partial charge >= 0.3 is 0 Å². The minimum atomic E-state index is -2.91. The molecule has 1 fully saturated rings. The van der Waals surface area contributed by atoms with Gasteiger partial charge in [-0.3, -0.25) is 4.90 Å². The Labute approximate surface area is 134 Å². The SMILES string of the molecule is COc1ccc(Br)cc1C(CN)N(C)C1CCS(=O)(=O)C1. The highest BCUT2D eigenvalue weighted by Crippen LogP contribution is 2.33. The summed E-state index contributed by atoms with van der Waals surface area (Å²) >= 11 is 3.46. The van der Waals surface area contributed by atoms with E-state index in [0.29, 0.717) is 13.0 Å². The number of hydrogen-bond acceptors (Lipinski definition) is 5. The van der Waals surface area contributed by atoms with Crippen molar-refractivity contribution >= 4 is 25.8 Å². The van der Waals surface area contributed by atoms with Gasteiger partial charge in [0.1, 0.15) is 5.75 Å². The molecule has 1 saturated heterocycles. The molecular weight excluding hydrogens is 356 g/mol. The van der Waals surface area contributed by atoms with E-state index in [1.165, 1.54) is 0 Å². The van der Waals surface area contributed by atoms with Crippen molar-refractivity contribution < 1.29 is 13.2 Å². The van der Waals surface area contributed by atoms with Crippen LogP contribution in [0.15, 0.2) is 22.7 Å². The highest BCUT2D eigenvalue weighted by atomic mass is 79.9. The second-order valence-electron chi connectivity index (χ2n) is 5.36. The summed E-state index contributed by atoms with van der Waals surface area (Å²) in [4.78, 5) is 2.06. The van der Waals surface area contributed by atoms with Gasteiger partial charge in [0.25, 0.3) is 0 Å². The molecule has 2 atom stereocenters. The van der Waals surface area contributed by atoms with Gasteiger partial charge in [-0.15, -0.1) is 0 Å². The van der Waals surface area contributed by atoms with Crippen LogP contribution in [-0.4, -0.2) is 51.6 Å². The van der Waals surface area contributed by atoms with Gasteiger partial charge in [0.2, 0.25) is 0 Å². The first-order valence-corrected chi connectivity index (χ1v) is 9.45. The summed E-state index contributed by atoms with van der Waals surface area (Å²) in [7, 11) is 0.648. The monoisotopic (exact) mass is 376 g/mol. The van der Waals surface area contributed by atoms with Gasteiger partial charge in [0, 0.05) is 22.6 Å². The first-order valence-electron chi connectivity index (χ1n) is 6.84. The minimum Gasteiger partial charge on any atom is -0.496 e. The van der Waals surface area contributed by atoms with Crippen LogP contribution in [0.25, 0.3) is 0 Å². The summed E-state index contributed by atoms with van der Waals surface area (Å²) < 4.78 is 29.7. The first-order chi connectivity index (χ1) is 9.88. The summed E-state index contributed by atoms with van der Waals surface area (Å²) in [5.41, 5.74) is 6.93. The maximum Gasteiger partial charge on any atom is 0.151 e. The van der Waals surface area contributed by atoms with Crippen LogP contribution < -0.4 is 10.5 Å². The fourth-order valence-corrected chi connectivity index (χ4v) is 4.99. The van der Waals surface area contributed by atoms with E-state index >= 15 is 0 Å². The normalized spacial score (nSPS) is 22.4. The number of likely N-dealkylation sites (N-methyl/N-ethyl adjacent to an activating group) is 1. The fourth-order valence-electron chi connectivity index (χ4n) is 2.83. The maximum atomic E-state index is 11.7. The number of ether oxygens (including phenoxy) is 1. The van der Waals surface area contributed by atoms with E-state index in [0.717, 1.165) is 15.8 Å². The molecule has 0 aromatic heterocycles. The second-order valence-corrected chi connectivity index (χ2v) is 8.50. The number of benzene rings is 1. The molecule has 118 valence electrons. The lowest BCUT2D eigenvalue weighted by Gasteiger charge is -2.32. The van der Waals surface area contributed by atoms with Crippen molar-refractivity contribution in [2.45, 2.75) is 18.5 Å². The molecule has 2 N–H and O–H groups in total. The second kappa shape index (κ2) is 6.64. The lowest BCUT2D eigenvalue weighted by atomic mass is 10.0. The Kier molecular flexibility index (Phi) is 5.29. The molecule has 21 heavy (non-hydrogen) atoms. The summed E-state index contributed by atoms with van der Waals surface area (Å²) in [6.07, 6.45) is 0.658. The molecule has 1 aliphatic heterocycles. The van der Waals surface area contributed by atoms with Crippen LogP contribution in [0.3, 0.4) is 0 Å². The summed E-state index contributed by atoms with van der Waals surface area (Å²) in [6.45, 7) is 0.403. The van der Waals surface area contributed by atoms with Gasteiger partial charge in [-0.2, -0.15) is 0 Å². The third kappa shape index (κ3) is 3.77. The highest BCUT2D eigenvalue weighted by Gasteiger charge is 2.34. The predicted octanol–water partition coefficient (Wildman–Crippen LogP) is 1.58. The summed E-state index contributed by atoms with van der Waals surface area (Å²) in [5.74, 6) is 1.23. The van der Waals surface area contributed by atoms with Crippen LogP contribution in [0.4, 0.5) is 0 Å². The van der Waals surface area contributed by atoms with Crippen LogP contribution in [-0.2, 0) is 9.84 Å². The lowest BCUT2D eigenvalue weighted by Crippen LogP contribution is -2.39. The molecule has 2 rings (SSSR count). The molecule has 0 amide bonds. The Bertz CT molecular complexity index is 606. The Hall–Kier alpha value is -0.630.